The Morgan fingerprint density at radius 1 is 1.62 bits per heavy atom. The van der Waals surface area contributed by atoms with E-state index in [0.717, 1.165) is 5.56 Å². The predicted octanol–water partition coefficient (Wildman–Crippen LogP) is 2.43. The Kier molecular flexibility index (Phi) is 7.90. The molecule has 0 unspecified atom stereocenters. The van der Waals surface area contributed by atoms with Crippen molar-refractivity contribution in [1.82, 2.24) is 9.88 Å². The summed E-state index contributed by atoms with van der Waals surface area (Å²) in [6, 6.07) is 5.93. The number of thiocarbonyl (C=S) groups is 1. The van der Waals surface area contributed by atoms with Crippen LogP contribution in [-0.4, -0.2) is 20.7 Å². The molecule has 0 aliphatic rings. The highest BCUT2D eigenvalue weighted by atomic mass is 35.5. The SMILES string of the molecule is Cl.N#CCCN(Cc1cccnc1)C(=S)S. The number of hydrogen-bond acceptors (Lipinski definition) is 3. The lowest BCUT2D eigenvalue weighted by molar-refractivity contribution is 0.436. The van der Waals surface area contributed by atoms with Crippen LogP contribution in [-0.2, 0) is 6.54 Å². The standard InChI is InChI=1S/C10H11N3S2.ClH/c11-4-2-6-13(10(14)15)8-9-3-1-5-12-7-9;/h1,3,5,7H,2,6,8H2,(H,14,15);1H. The van der Waals surface area contributed by atoms with E-state index >= 15 is 0 Å². The molecule has 0 amide bonds. The Labute approximate surface area is 112 Å². The molecule has 6 heteroatoms. The molecule has 16 heavy (non-hydrogen) atoms. The summed E-state index contributed by atoms with van der Waals surface area (Å²) in [7, 11) is 0. The minimum Gasteiger partial charge on any atom is -0.352 e. The van der Waals surface area contributed by atoms with E-state index in [-0.39, 0.29) is 12.4 Å². The third-order valence-corrected chi connectivity index (χ3v) is 2.40. The highest BCUT2D eigenvalue weighted by Crippen LogP contribution is 2.06. The van der Waals surface area contributed by atoms with Crippen LogP contribution in [0.25, 0.3) is 0 Å². The molecule has 0 bridgehead atoms. The maximum Gasteiger partial charge on any atom is 0.133 e. The lowest BCUT2D eigenvalue weighted by Gasteiger charge is -2.21. The van der Waals surface area contributed by atoms with Gasteiger partial charge in [-0.3, -0.25) is 4.98 Å². The monoisotopic (exact) mass is 273 g/mol. The fourth-order valence-corrected chi connectivity index (χ4v) is 1.47. The van der Waals surface area contributed by atoms with Crippen molar-refractivity contribution < 1.29 is 0 Å². The molecular weight excluding hydrogens is 262 g/mol. The Hall–Kier alpha value is -0.830. The fourth-order valence-electron chi connectivity index (χ4n) is 1.14. The van der Waals surface area contributed by atoms with Crippen LogP contribution in [0.15, 0.2) is 24.5 Å². The van der Waals surface area contributed by atoms with Gasteiger partial charge in [0.1, 0.15) is 4.32 Å². The van der Waals surface area contributed by atoms with Crippen molar-refractivity contribution in [3.05, 3.63) is 30.1 Å². The highest BCUT2D eigenvalue weighted by molar-refractivity contribution is 8.10. The molecule has 1 rings (SSSR count). The smallest absolute Gasteiger partial charge is 0.133 e. The summed E-state index contributed by atoms with van der Waals surface area (Å²) >= 11 is 9.11. The Bertz CT molecular complexity index is 364. The predicted molar refractivity (Wildman–Crippen MR) is 73.7 cm³/mol. The molecule has 0 spiro atoms. The first-order valence-corrected chi connectivity index (χ1v) is 5.33. The quantitative estimate of drug-likeness (QED) is 0.676. The van der Waals surface area contributed by atoms with Crippen LogP contribution >= 0.6 is 37.3 Å². The summed E-state index contributed by atoms with van der Waals surface area (Å²) in [5.74, 6) is 0. The minimum absolute atomic E-state index is 0. The van der Waals surface area contributed by atoms with Gasteiger partial charge in [0.2, 0.25) is 0 Å². The third-order valence-electron chi connectivity index (χ3n) is 1.86. The first-order valence-electron chi connectivity index (χ1n) is 4.47. The highest BCUT2D eigenvalue weighted by Gasteiger charge is 2.06. The number of halogens is 1. The molecule has 1 heterocycles. The second-order valence-corrected chi connectivity index (χ2v) is 4.09. The molecular formula is C10H12ClN3S2. The second-order valence-electron chi connectivity index (χ2n) is 2.97. The van der Waals surface area contributed by atoms with E-state index in [0.29, 0.717) is 23.8 Å². The minimum atomic E-state index is 0. The van der Waals surface area contributed by atoms with Gasteiger partial charge in [-0.25, -0.2) is 0 Å². The van der Waals surface area contributed by atoms with Crippen molar-refractivity contribution in [2.45, 2.75) is 13.0 Å². The molecule has 1 aromatic rings. The number of aromatic nitrogens is 1. The maximum absolute atomic E-state index is 8.51. The Morgan fingerprint density at radius 3 is 2.88 bits per heavy atom. The number of nitrogens with zero attached hydrogens (tertiary/aromatic N) is 3. The number of rotatable bonds is 4. The van der Waals surface area contributed by atoms with Crippen LogP contribution in [0.1, 0.15) is 12.0 Å². The normalized spacial score (nSPS) is 8.75. The lowest BCUT2D eigenvalue weighted by Crippen LogP contribution is -2.26. The summed E-state index contributed by atoms with van der Waals surface area (Å²) in [5.41, 5.74) is 1.06. The number of nitriles is 1. The van der Waals surface area contributed by atoms with Gasteiger partial charge in [-0.15, -0.1) is 25.0 Å². The third kappa shape index (κ3) is 5.31. The zero-order chi connectivity index (χ0) is 11.1. The van der Waals surface area contributed by atoms with Crippen molar-refractivity contribution >= 4 is 41.6 Å². The van der Waals surface area contributed by atoms with Crippen molar-refractivity contribution in [2.24, 2.45) is 0 Å². The topological polar surface area (TPSA) is 39.9 Å². The molecule has 0 fully saturated rings. The number of pyridine rings is 1. The van der Waals surface area contributed by atoms with Crippen molar-refractivity contribution in [3.63, 3.8) is 0 Å². The molecule has 0 aliphatic carbocycles. The second kappa shape index (κ2) is 8.34. The molecule has 0 aromatic carbocycles. The van der Waals surface area contributed by atoms with Crippen LogP contribution in [0.2, 0.25) is 0 Å². The summed E-state index contributed by atoms with van der Waals surface area (Å²) in [5, 5.41) is 8.51. The molecule has 0 saturated heterocycles. The van der Waals surface area contributed by atoms with E-state index < -0.39 is 0 Å². The number of thiol groups is 1. The van der Waals surface area contributed by atoms with Gasteiger partial charge in [-0.2, -0.15) is 5.26 Å². The number of hydrogen-bond donors (Lipinski definition) is 1. The average molecular weight is 274 g/mol. The molecule has 1 aromatic heterocycles. The van der Waals surface area contributed by atoms with E-state index in [1.165, 1.54) is 0 Å². The summed E-state index contributed by atoms with van der Waals surface area (Å²) in [6.45, 7) is 1.26. The molecule has 0 atom stereocenters. The van der Waals surface area contributed by atoms with Crippen LogP contribution in [0.4, 0.5) is 0 Å². The molecule has 0 radical (unpaired) electrons. The first-order chi connectivity index (χ1) is 7.24. The van der Waals surface area contributed by atoms with Gasteiger partial charge in [-0.05, 0) is 11.6 Å². The lowest BCUT2D eigenvalue weighted by atomic mass is 10.2. The van der Waals surface area contributed by atoms with Gasteiger partial charge in [0.15, 0.2) is 0 Å². The van der Waals surface area contributed by atoms with E-state index in [1.807, 2.05) is 17.0 Å². The van der Waals surface area contributed by atoms with Gasteiger partial charge in [0.25, 0.3) is 0 Å². The molecule has 86 valence electrons. The van der Waals surface area contributed by atoms with Gasteiger partial charge >= 0.3 is 0 Å². The van der Waals surface area contributed by atoms with Gasteiger partial charge in [0.05, 0.1) is 12.5 Å². The van der Waals surface area contributed by atoms with E-state index in [1.54, 1.807) is 12.4 Å². The Morgan fingerprint density at radius 2 is 2.38 bits per heavy atom. The maximum atomic E-state index is 8.51. The zero-order valence-electron chi connectivity index (χ0n) is 8.54. The van der Waals surface area contributed by atoms with Crippen molar-refractivity contribution in [3.8, 4) is 6.07 Å². The molecule has 0 N–H and O–H groups in total. The summed E-state index contributed by atoms with van der Waals surface area (Å²) in [6.07, 6.45) is 3.95. The van der Waals surface area contributed by atoms with Gasteiger partial charge < -0.3 is 4.90 Å². The van der Waals surface area contributed by atoms with Crippen molar-refractivity contribution in [1.29, 1.82) is 5.26 Å². The molecule has 3 nitrogen and oxygen atoms in total. The molecule has 0 aliphatic heterocycles. The van der Waals surface area contributed by atoms with Crippen LogP contribution in [0, 0.1) is 11.3 Å². The largest absolute Gasteiger partial charge is 0.352 e. The fraction of sp³-hybridized carbons (Fsp3) is 0.300. The summed E-state index contributed by atoms with van der Waals surface area (Å²) in [4.78, 5) is 5.89. The van der Waals surface area contributed by atoms with Gasteiger partial charge in [-0.1, -0.05) is 18.3 Å². The zero-order valence-corrected chi connectivity index (χ0v) is 11.1. The van der Waals surface area contributed by atoms with Crippen LogP contribution in [0.5, 0.6) is 0 Å². The van der Waals surface area contributed by atoms with Crippen molar-refractivity contribution in [2.75, 3.05) is 6.54 Å². The first kappa shape index (κ1) is 15.2. The van der Waals surface area contributed by atoms with Gasteiger partial charge in [0, 0.05) is 25.5 Å². The Balaban J connectivity index is 0.00000225. The van der Waals surface area contributed by atoms with Crippen LogP contribution in [0.3, 0.4) is 0 Å². The van der Waals surface area contributed by atoms with Crippen LogP contribution < -0.4 is 0 Å². The van der Waals surface area contributed by atoms with E-state index in [9.17, 15) is 0 Å². The average Bonchev–Trinajstić information content (AvgIpc) is 2.25. The summed E-state index contributed by atoms with van der Waals surface area (Å²) < 4.78 is 0.508. The molecule has 0 saturated carbocycles. The van der Waals surface area contributed by atoms with E-state index in [2.05, 4.69) is 23.7 Å². The van der Waals surface area contributed by atoms with E-state index in [4.69, 9.17) is 17.5 Å².